The van der Waals surface area contributed by atoms with Crippen LogP contribution in [0, 0.1) is 0 Å². The number of benzene rings is 1. The van der Waals surface area contributed by atoms with Gasteiger partial charge in [0, 0.05) is 50.7 Å². The number of carboxylic acid groups (broad SMARTS) is 1. The van der Waals surface area contributed by atoms with E-state index in [2.05, 4.69) is 53.5 Å². The number of piperazine rings is 1. The van der Waals surface area contributed by atoms with E-state index in [1.165, 1.54) is 4.90 Å². The molecule has 152 valence electrons. The minimum Gasteiger partial charge on any atom is -0.483 e. The predicted octanol–water partition coefficient (Wildman–Crippen LogP) is 1.76. The molecule has 1 aliphatic rings. The summed E-state index contributed by atoms with van der Waals surface area (Å²) in [6, 6.07) is 10.8. The molecule has 0 aromatic heterocycles. The second-order valence-electron chi connectivity index (χ2n) is 6.62. The fraction of sp³-hybridized carbons (Fsp3) is 0.579. The van der Waals surface area contributed by atoms with Gasteiger partial charge in [-0.25, -0.2) is 4.79 Å². The lowest BCUT2D eigenvalue weighted by atomic mass is 10.2. The van der Waals surface area contributed by atoms with E-state index in [4.69, 9.17) is 9.90 Å². The van der Waals surface area contributed by atoms with Crippen molar-refractivity contribution in [3.05, 3.63) is 30.3 Å². The topological polar surface area (TPSA) is 76.1 Å². The summed E-state index contributed by atoms with van der Waals surface area (Å²) < 4.78 is 0. The molecule has 1 saturated heterocycles. The van der Waals surface area contributed by atoms with E-state index in [1.807, 2.05) is 24.9 Å². The Balaban J connectivity index is 0.00000114. The van der Waals surface area contributed by atoms with E-state index in [0.29, 0.717) is 12.6 Å². The first-order valence-electron chi connectivity index (χ1n) is 9.11. The quantitative estimate of drug-likeness (QED) is 0.416. The molecule has 2 amide bonds. The van der Waals surface area contributed by atoms with Crippen LogP contribution in [0.25, 0.3) is 0 Å². The highest BCUT2D eigenvalue weighted by atomic mass is 32.2. The lowest BCUT2D eigenvalue weighted by molar-refractivity contribution is -0.122. The lowest BCUT2D eigenvalue weighted by Gasteiger charge is -2.37. The summed E-state index contributed by atoms with van der Waals surface area (Å²) in [6.45, 7) is 4.41. The third-order valence-corrected chi connectivity index (χ3v) is 5.56. The summed E-state index contributed by atoms with van der Waals surface area (Å²) in [5.41, 5.74) is 0. The largest absolute Gasteiger partial charge is 0.483 e. The average molecular weight is 397 g/mol. The van der Waals surface area contributed by atoms with Gasteiger partial charge in [0.2, 0.25) is 0 Å². The van der Waals surface area contributed by atoms with Crippen molar-refractivity contribution in [3.63, 3.8) is 0 Å². The average Bonchev–Trinajstić information content (AvgIpc) is 2.67. The summed E-state index contributed by atoms with van der Waals surface area (Å²) in [6.07, 6.45) is 0.996. The Bertz CT molecular complexity index is 547. The van der Waals surface area contributed by atoms with Crippen molar-refractivity contribution in [2.45, 2.75) is 17.4 Å². The Morgan fingerprint density at radius 1 is 1.33 bits per heavy atom. The third kappa shape index (κ3) is 9.65. The highest BCUT2D eigenvalue weighted by molar-refractivity contribution is 7.99. The molecular weight excluding hydrogens is 364 g/mol. The molecule has 27 heavy (non-hydrogen) atoms. The van der Waals surface area contributed by atoms with E-state index >= 15 is 0 Å². The minimum absolute atomic E-state index is 0.0290. The van der Waals surface area contributed by atoms with Gasteiger partial charge in [-0.05, 0) is 38.4 Å². The molecule has 1 unspecified atom stereocenters. The van der Waals surface area contributed by atoms with Crippen LogP contribution < -0.4 is 5.32 Å². The maximum Gasteiger partial charge on any atom is 0.317 e. The van der Waals surface area contributed by atoms with Gasteiger partial charge in [-0.15, -0.1) is 11.8 Å². The number of urea groups is 1. The van der Waals surface area contributed by atoms with Crippen LogP contribution in [0.4, 0.5) is 4.79 Å². The summed E-state index contributed by atoms with van der Waals surface area (Å²) in [7, 11) is 6.14. The lowest BCUT2D eigenvalue weighted by Crippen LogP contribution is -2.55. The molecule has 1 aliphatic heterocycles. The number of carbonyl (C=O) groups excluding carboxylic acids is 1. The summed E-state index contributed by atoms with van der Waals surface area (Å²) in [5.74, 6) is 1.03. The highest BCUT2D eigenvalue weighted by Crippen LogP contribution is 2.17. The van der Waals surface area contributed by atoms with Crippen molar-refractivity contribution < 1.29 is 14.7 Å². The van der Waals surface area contributed by atoms with Gasteiger partial charge in [0.25, 0.3) is 6.47 Å². The van der Waals surface area contributed by atoms with Crippen LogP contribution >= 0.6 is 11.8 Å². The van der Waals surface area contributed by atoms with Crippen molar-refractivity contribution in [2.24, 2.45) is 0 Å². The Morgan fingerprint density at radius 2 is 2.00 bits per heavy atom. The number of likely N-dealkylation sites (N-methyl/N-ethyl adjacent to an activating group) is 2. The van der Waals surface area contributed by atoms with Crippen molar-refractivity contribution >= 4 is 24.3 Å². The second-order valence-corrected chi connectivity index (χ2v) is 7.79. The van der Waals surface area contributed by atoms with Crippen LogP contribution in [0.5, 0.6) is 0 Å². The maximum absolute atomic E-state index is 12.2. The normalized spacial score (nSPS) is 17.5. The van der Waals surface area contributed by atoms with Crippen molar-refractivity contribution in [1.82, 2.24) is 20.0 Å². The fourth-order valence-corrected chi connectivity index (χ4v) is 3.63. The van der Waals surface area contributed by atoms with Crippen molar-refractivity contribution in [2.75, 3.05) is 59.6 Å². The van der Waals surface area contributed by atoms with Crippen LogP contribution in [0.15, 0.2) is 35.2 Å². The number of hydrogen-bond donors (Lipinski definition) is 2. The zero-order valence-corrected chi connectivity index (χ0v) is 17.3. The Morgan fingerprint density at radius 3 is 2.67 bits per heavy atom. The Kier molecular flexibility index (Phi) is 11.6. The van der Waals surface area contributed by atoms with Crippen LogP contribution in [0.2, 0.25) is 0 Å². The number of hydrogen-bond acceptors (Lipinski definition) is 5. The molecule has 1 atom stereocenters. The van der Waals surface area contributed by atoms with E-state index in [9.17, 15) is 4.79 Å². The zero-order chi connectivity index (χ0) is 20.1. The van der Waals surface area contributed by atoms with Gasteiger partial charge in [-0.1, -0.05) is 18.2 Å². The molecule has 8 heteroatoms. The van der Waals surface area contributed by atoms with Gasteiger partial charge >= 0.3 is 6.03 Å². The first-order valence-corrected chi connectivity index (χ1v) is 10.1. The van der Waals surface area contributed by atoms with Gasteiger partial charge in [0.1, 0.15) is 0 Å². The monoisotopic (exact) mass is 396 g/mol. The van der Waals surface area contributed by atoms with Gasteiger partial charge in [0.05, 0.1) is 0 Å². The molecule has 2 rings (SSSR count). The Hall–Kier alpha value is -1.77. The SMILES string of the molecule is CN1CCN(C)C(CNC(=O)N(C)CCCSc2ccccc2)C1.O=CO. The van der Waals surface area contributed by atoms with Gasteiger partial charge in [-0.2, -0.15) is 0 Å². The first kappa shape index (κ1) is 23.3. The van der Waals surface area contributed by atoms with E-state index in [-0.39, 0.29) is 12.5 Å². The van der Waals surface area contributed by atoms with Crippen LogP contribution in [-0.2, 0) is 4.79 Å². The van der Waals surface area contributed by atoms with Gasteiger partial charge < -0.3 is 20.2 Å². The molecule has 0 bridgehead atoms. The number of carbonyl (C=O) groups is 2. The molecule has 1 fully saturated rings. The molecule has 1 aromatic rings. The summed E-state index contributed by atoms with van der Waals surface area (Å²) >= 11 is 1.84. The molecule has 0 saturated carbocycles. The number of nitrogens with one attached hydrogen (secondary N) is 1. The Labute approximate surface area is 166 Å². The molecule has 0 radical (unpaired) electrons. The number of amides is 2. The van der Waals surface area contributed by atoms with Gasteiger partial charge in [-0.3, -0.25) is 9.69 Å². The molecule has 0 spiro atoms. The van der Waals surface area contributed by atoms with Crippen molar-refractivity contribution in [1.29, 1.82) is 0 Å². The number of thioether (sulfide) groups is 1. The molecule has 7 nitrogen and oxygen atoms in total. The van der Waals surface area contributed by atoms with E-state index in [1.54, 1.807) is 4.90 Å². The molecule has 1 heterocycles. The van der Waals surface area contributed by atoms with Crippen LogP contribution in [0.3, 0.4) is 0 Å². The van der Waals surface area contributed by atoms with Crippen LogP contribution in [-0.4, -0.2) is 98.0 Å². The molecular formula is C19H32N4O3S. The smallest absolute Gasteiger partial charge is 0.317 e. The van der Waals surface area contributed by atoms with Crippen molar-refractivity contribution in [3.8, 4) is 0 Å². The van der Waals surface area contributed by atoms with E-state index < -0.39 is 0 Å². The number of rotatable bonds is 7. The molecule has 0 aliphatic carbocycles. The number of nitrogens with zero attached hydrogens (tertiary/aromatic N) is 3. The second kappa shape index (κ2) is 13.4. The van der Waals surface area contributed by atoms with E-state index in [0.717, 1.165) is 38.4 Å². The maximum atomic E-state index is 12.2. The third-order valence-electron chi connectivity index (χ3n) is 4.47. The molecule has 1 aromatic carbocycles. The summed E-state index contributed by atoms with van der Waals surface area (Å²) in [5, 5.41) is 9.96. The van der Waals surface area contributed by atoms with Crippen LogP contribution in [0.1, 0.15) is 6.42 Å². The summed E-state index contributed by atoms with van der Waals surface area (Å²) in [4.78, 5) is 28.3. The minimum atomic E-state index is -0.250. The zero-order valence-electron chi connectivity index (χ0n) is 16.5. The fourth-order valence-electron chi connectivity index (χ4n) is 2.77. The standard InChI is InChI=1S/C18H30N4OS.CH2O2/c1-20-11-12-21(2)16(15-20)14-19-18(23)22(3)10-7-13-24-17-8-5-4-6-9-17;2-1-3/h4-6,8-9,16H,7,10-15H2,1-3H3,(H,19,23);1H,(H,2,3). The predicted molar refractivity (Wildman–Crippen MR) is 110 cm³/mol. The molecule has 2 N–H and O–H groups in total. The van der Waals surface area contributed by atoms with Gasteiger partial charge in [0.15, 0.2) is 0 Å². The first-order chi connectivity index (χ1) is 13.0. The highest BCUT2D eigenvalue weighted by Gasteiger charge is 2.22.